The lowest BCUT2D eigenvalue weighted by Gasteiger charge is -2.08. The fourth-order valence-corrected chi connectivity index (χ4v) is 1.57. The van der Waals surface area contributed by atoms with Gasteiger partial charge in [0, 0.05) is 11.4 Å². The molecule has 2 aromatic rings. The third-order valence-electron chi connectivity index (χ3n) is 2.46. The number of benzene rings is 1. The summed E-state index contributed by atoms with van der Waals surface area (Å²) in [7, 11) is 0. The molecule has 0 saturated heterocycles. The Morgan fingerprint density at radius 2 is 1.94 bits per heavy atom. The van der Waals surface area contributed by atoms with Crippen molar-refractivity contribution in [2.75, 3.05) is 5.32 Å². The number of carboxylic acids is 1. The van der Waals surface area contributed by atoms with Gasteiger partial charge in [0.2, 0.25) is 5.95 Å². The van der Waals surface area contributed by atoms with Crippen LogP contribution in [0.2, 0.25) is 0 Å². The lowest BCUT2D eigenvalue weighted by Crippen LogP contribution is -2.06. The molecule has 1 aromatic carbocycles. The van der Waals surface area contributed by atoms with Crippen molar-refractivity contribution in [2.45, 2.75) is 13.8 Å². The lowest BCUT2D eigenvalue weighted by atomic mass is 10.2. The van der Waals surface area contributed by atoms with Crippen molar-refractivity contribution in [1.29, 1.82) is 0 Å². The number of carboxylic acid groups (broad SMARTS) is 1. The number of aryl methyl sites for hydroxylation is 2. The summed E-state index contributed by atoms with van der Waals surface area (Å²) < 4.78 is 0. The Morgan fingerprint density at radius 3 is 2.61 bits per heavy atom. The number of nitrogens with zero attached hydrogens (tertiary/aromatic N) is 2. The number of anilines is 2. The fourth-order valence-electron chi connectivity index (χ4n) is 1.57. The second-order valence-corrected chi connectivity index (χ2v) is 3.96. The maximum atomic E-state index is 10.9. The van der Waals surface area contributed by atoms with Crippen molar-refractivity contribution in [1.82, 2.24) is 9.97 Å². The molecule has 0 bridgehead atoms. The maximum Gasteiger partial charge on any atom is 0.354 e. The summed E-state index contributed by atoms with van der Waals surface area (Å²) in [5.74, 6) is -0.768. The maximum absolute atomic E-state index is 10.9. The number of rotatable bonds is 3. The number of carbonyl (C=O) groups is 1. The molecule has 0 aliphatic carbocycles. The van der Waals surface area contributed by atoms with Crippen LogP contribution in [-0.2, 0) is 0 Å². The molecule has 18 heavy (non-hydrogen) atoms. The molecule has 2 rings (SSSR count). The monoisotopic (exact) mass is 243 g/mol. The molecule has 92 valence electrons. The van der Waals surface area contributed by atoms with Gasteiger partial charge in [-0.3, -0.25) is 0 Å². The van der Waals surface area contributed by atoms with Gasteiger partial charge in [0.25, 0.3) is 0 Å². The number of nitrogens with one attached hydrogen (secondary N) is 1. The Bertz CT molecular complexity index is 597. The third-order valence-corrected chi connectivity index (χ3v) is 2.46. The molecule has 0 radical (unpaired) electrons. The Kier molecular flexibility index (Phi) is 3.23. The summed E-state index contributed by atoms with van der Waals surface area (Å²) in [5, 5.41) is 12.0. The van der Waals surface area contributed by atoms with Gasteiger partial charge in [0.1, 0.15) is 0 Å². The Hall–Kier alpha value is -2.43. The van der Waals surface area contributed by atoms with Gasteiger partial charge < -0.3 is 10.4 Å². The van der Waals surface area contributed by atoms with Gasteiger partial charge in [0.15, 0.2) is 5.69 Å². The molecule has 0 spiro atoms. The average Bonchev–Trinajstić information content (AvgIpc) is 2.31. The quantitative estimate of drug-likeness (QED) is 0.866. The predicted molar refractivity (Wildman–Crippen MR) is 68.2 cm³/mol. The van der Waals surface area contributed by atoms with E-state index >= 15 is 0 Å². The molecule has 1 aromatic heterocycles. The van der Waals surface area contributed by atoms with E-state index in [1.165, 1.54) is 6.07 Å². The SMILES string of the molecule is Cc1cc(C(=O)O)nc(Nc2ccccc2C)n1. The van der Waals surface area contributed by atoms with Crippen molar-refractivity contribution < 1.29 is 9.90 Å². The van der Waals surface area contributed by atoms with E-state index in [2.05, 4.69) is 15.3 Å². The van der Waals surface area contributed by atoms with E-state index in [0.29, 0.717) is 11.6 Å². The first kappa shape index (κ1) is 12.0. The lowest BCUT2D eigenvalue weighted by molar-refractivity contribution is 0.0690. The van der Waals surface area contributed by atoms with Gasteiger partial charge in [0.05, 0.1) is 0 Å². The molecule has 1 heterocycles. The summed E-state index contributed by atoms with van der Waals surface area (Å²) in [6, 6.07) is 9.10. The number of hydrogen-bond donors (Lipinski definition) is 2. The fraction of sp³-hybridized carbons (Fsp3) is 0.154. The molecule has 5 nitrogen and oxygen atoms in total. The van der Waals surface area contributed by atoms with Crippen molar-refractivity contribution in [3.05, 3.63) is 47.3 Å². The van der Waals surface area contributed by atoms with E-state index in [1.807, 2.05) is 31.2 Å². The zero-order chi connectivity index (χ0) is 13.1. The van der Waals surface area contributed by atoms with Crippen LogP contribution in [0.15, 0.2) is 30.3 Å². The van der Waals surface area contributed by atoms with Gasteiger partial charge in [-0.05, 0) is 31.5 Å². The largest absolute Gasteiger partial charge is 0.477 e. The van der Waals surface area contributed by atoms with Crippen molar-refractivity contribution in [2.24, 2.45) is 0 Å². The van der Waals surface area contributed by atoms with E-state index in [1.54, 1.807) is 6.92 Å². The highest BCUT2D eigenvalue weighted by molar-refractivity contribution is 5.85. The second-order valence-electron chi connectivity index (χ2n) is 3.96. The highest BCUT2D eigenvalue weighted by Crippen LogP contribution is 2.17. The number of para-hydroxylation sites is 1. The Morgan fingerprint density at radius 1 is 1.22 bits per heavy atom. The zero-order valence-electron chi connectivity index (χ0n) is 10.1. The van der Waals surface area contributed by atoms with Crippen LogP contribution in [0.25, 0.3) is 0 Å². The number of aromatic carboxylic acids is 1. The van der Waals surface area contributed by atoms with Crippen molar-refractivity contribution in [3.8, 4) is 0 Å². The molecule has 0 saturated carbocycles. The van der Waals surface area contributed by atoms with Gasteiger partial charge in [-0.25, -0.2) is 14.8 Å². The predicted octanol–water partition coefficient (Wildman–Crippen LogP) is 2.54. The van der Waals surface area contributed by atoms with Crippen LogP contribution in [0.5, 0.6) is 0 Å². The van der Waals surface area contributed by atoms with Crippen LogP contribution >= 0.6 is 0 Å². The first-order valence-corrected chi connectivity index (χ1v) is 5.48. The molecular weight excluding hydrogens is 230 g/mol. The van der Waals surface area contributed by atoms with Crippen molar-refractivity contribution >= 4 is 17.6 Å². The molecular formula is C13H13N3O2. The van der Waals surface area contributed by atoms with Crippen LogP contribution in [0.3, 0.4) is 0 Å². The first-order valence-electron chi connectivity index (χ1n) is 5.48. The topological polar surface area (TPSA) is 75.1 Å². The van der Waals surface area contributed by atoms with E-state index in [4.69, 9.17) is 5.11 Å². The molecule has 0 atom stereocenters. The standard InChI is InChI=1S/C13H13N3O2/c1-8-5-3-4-6-10(8)15-13-14-9(2)7-11(16-13)12(17)18/h3-7H,1-2H3,(H,17,18)(H,14,15,16). The summed E-state index contributed by atoms with van der Waals surface area (Å²) in [6.45, 7) is 3.69. The Labute approximate surface area is 105 Å². The molecule has 0 amide bonds. The minimum atomic E-state index is -1.06. The first-order chi connectivity index (χ1) is 8.56. The van der Waals surface area contributed by atoms with Crippen LogP contribution in [0, 0.1) is 13.8 Å². The summed E-state index contributed by atoms with van der Waals surface area (Å²) >= 11 is 0. The van der Waals surface area contributed by atoms with Crippen molar-refractivity contribution in [3.63, 3.8) is 0 Å². The molecule has 0 unspecified atom stereocenters. The van der Waals surface area contributed by atoms with Gasteiger partial charge in [-0.15, -0.1) is 0 Å². The van der Waals surface area contributed by atoms with Crippen LogP contribution < -0.4 is 5.32 Å². The van der Waals surface area contributed by atoms with Crippen LogP contribution in [-0.4, -0.2) is 21.0 Å². The van der Waals surface area contributed by atoms with Crippen LogP contribution in [0.1, 0.15) is 21.7 Å². The smallest absolute Gasteiger partial charge is 0.354 e. The second kappa shape index (κ2) is 4.83. The van der Waals surface area contributed by atoms with E-state index < -0.39 is 5.97 Å². The van der Waals surface area contributed by atoms with Gasteiger partial charge in [-0.1, -0.05) is 18.2 Å². The normalized spacial score (nSPS) is 10.1. The third kappa shape index (κ3) is 2.63. The molecule has 0 aliphatic rings. The summed E-state index contributed by atoms with van der Waals surface area (Å²) in [5.41, 5.74) is 2.50. The van der Waals surface area contributed by atoms with Gasteiger partial charge >= 0.3 is 5.97 Å². The minimum Gasteiger partial charge on any atom is -0.477 e. The Balaban J connectivity index is 2.35. The highest BCUT2D eigenvalue weighted by atomic mass is 16.4. The molecule has 0 fully saturated rings. The number of hydrogen-bond acceptors (Lipinski definition) is 4. The molecule has 0 aliphatic heterocycles. The minimum absolute atomic E-state index is 0.0152. The highest BCUT2D eigenvalue weighted by Gasteiger charge is 2.09. The molecule has 5 heteroatoms. The van der Waals surface area contributed by atoms with E-state index in [0.717, 1.165) is 11.3 Å². The average molecular weight is 243 g/mol. The zero-order valence-corrected chi connectivity index (χ0v) is 10.1. The summed E-state index contributed by atoms with van der Waals surface area (Å²) in [6.07, 6.45) is 0. The van der Waals surface area contributed by atoms with E-state index in [9.17, 15) is 4.79 Å². The van der Waals surface area contributed by atoms with E-state index in [-0.39, 0.29) is 5.69 Å². The van der Waals surface area contributed by atoms with Crippen LogP contribution in [0.4, 0.5) is 11.6 Å². The number of aromatic nitrogens is 2. The molecule has 2 N–H and O–H groups in total. The summed E-state index contributed by atoms with van der Waals surface area (Å²) in [4.78, 5) is 19.0. The van der Waals surface area contributed by atoms with Gasteiger partial charge in [-0.2, -0.15) is 0 Å².